The van der Waals surface area contributed by atoms with E-state index in [2.05, 4.69) is 146 Å². The van der Waals surface area contributed by atoms with Gasteiger partial charge in [0.15, 0.2) is 0 Å². The lowest BCUT2D eigenvalue weighted by Gasteiger charge is -2.17. The highest BCUT2D eigenvalue weighted by Gasteiger charge is 2.20. The molecule has 0 fully saturated rings. The molecule has 1 aliphatic rings. The van der Waals surface area contributed by atoms with Gasteiger partial charge in [-0.05, 0) is 89.5 Å². The highest BCUT2D eigenvalue weighted by atomic mass is 15.0. The lowest BCUT2D eigenvalue weighted by Crippen LogP contribution is -1.98. The Kier molecular flexibility index (Phi) is 5.09. The first-order valence-electron chi connectivity index (χ1n) is 14.1. The van der Waals surface area contributed by atoms with Crippen molar-refractivity contribution in [2.24, 2.45) is 0 Å². The summed E-state index contributed by atoms with van der Waals surface area (Å²) in [6, 6.07) is 47.2. The summed E-state index contributed by atoms with van der Waals surface area (Å²) >= 11 is 0. The maximum absolute atomic E-state index is 2.45. The molecule has 7 aromatic rings. The summed E-state index contributed by atoms with van der Waals surface area (Å²) in [5, 5.41) is 2.61. The van der Waals surface area contributed by atoms with Gasteiger partial charge in [-0.15, -0.1) is 0 Å². The van der Waals surface area contributed by atoms with Crippen molar-refractivity contribution >= 4 is 21.8 Å². The second-order valence-electron chi connectivity index (χ2n) is 11.1. The molecule has 0 radical (unpaired) electrons. The molecular formula is C39H29N. The molecule has 8 rings (SSSR count). The van der Waals surface area contributed by atoms with Gasteiger partial charge < -0.3 is 4.57 Å². The maximum atomic E-state index is 2.45. The molecule has 0 saturated carbocycles. The number of rotatable bonds is 3. The van der Waals surface area contributed by atoms with E-state index < -0.39 is 0 Å². The molecule has 0 unspecified atom stereocenters. The molecule has 0 amide bonds. The zero-order valence-electron chi connectivity index (χ0n) is 22.8. The summed E-state index contributed by atoms with van der Waals surface area (Å²) in [5.41, 5.74) is 16.9. The average Bonchev–Trinajstić information content (AvgIpc) is 3.51. The second kappa shape index (κ2) is 8.83. The third kappa shape index (κ3) is 3.48. The van der Waals surface area contributed by atoms with Gasteiger partial charge in [0.05, 0.1) is 16.7 Å². The highest BCUT2D eigenvalue weighted by molar-refractivity contribution is 6.10. The molecule has 0 N–H and O–H groups in total. The van der Waals surface area contributed by atoms with Crippen molar-refractivity contribution < 1.29 is 0 Å². The fourth-order valence-corrected chi connectivity index (χ4v) is 6.69. The van der Waals surface area contributed by atoms with Crippen LogP contribution in [0.5, 0.6) is 0 Å². The molecule has 6 aromatic carbocycles. The first-order chi connectivity index (χ1) is 19.7. The summed E-state index contributed by atoms with van der Waals surface area (Å²) < 4.78 is 2.45. The molecule has 0 saturated heterocycles. The zero-order valence-corrected chi connectivity index (χ0v) is 22.8. The van der Waals surface area contributed by atoms with Crippen LogP contribution in [0, 0.1) is 13.8 Å². The van der Waals surface area contributed by atoms with E-state index in [-0.39, 0.29) is 0 Å². The largest absolute Gasteiger partial charge is 0.309 e. The third-order valence-electron chi connectivity index (χ3n) is 8.54. The number of aryl methyl sites for hydroxylation is 2. The first kappa shape index (κ1) is 23.0. The number of hydrogen-bond donors (Lipinski definition) is 0. The summed E-state index contributed by atoms with van der Waals surface area (Å²) in [4.78, 5) is 0. The van der Waals surface area contributed by atoms with Gasteiger partial charge in [-0.3, -0.25) is 0 Å². The van der Waals surface area contributed by atoms with Crippen molar-refractivity contribution in [2.75, 3.05) is 0 Å². The first-order valence-corrected chi connectivity index (χ1v) is 14.1. The molecular weight excluding hydrogens is 482 g/mol. The van der Waals surface area contributed by atoms with E-state index in [0.717, 1.165) is 6.42 Å². The Morgan fingerprint density at radius 3 is 1.75 bits per heavy atom. The highest BCUT2D eigenvalue weighted by Crippen LogP contribution is 2.42. The number of para-hydroxylation sites is 1. The fraction of sp³-hybridized carbons (Fsp3) is 0.0769. The van der Waals surface area contributed by atoms with Crippen LogP contribution in [0.15, 0.2) is 127 Å². The molecule has 1 aliphatic carbocycles. The Balaban J connectivity index is 1.34. The zero-order chi connectivity index (χ0) is 26.8. The standard InChI is InChI=1S/C39H29N/c1-25-15-19-38-35(21-25)36-22-26(2)16-20-39(36)40(38)37-14-8-7-13-34(37)33-12-6-5-11-31(33)28-17-18-32-29(24-28)23-27-9-3-4-10-30(27)32/h3-22,24H,23H2,1-2H3. The van der Waals surface area contributed by atoms with Crippen molar-refractivity contribution in [2.45, 2.75) is 20.3 Å². The van der Waals surface area contributed by atoms with Crippen LogP contribution in [0.4, 0.5) is 0 Å². The Morgan fingerprint density at radius 1 is 0.450 bits per heavy atom. The minimum absolute atomic E-state index is 0.998. The quantitative estimate of drug-likeness (QED) is 0.222. The van der Waals surface area contributed by atoms with Crippen LogP contribution in [-0.2, 0) is 6.42 Å². The fourth-order valence-electron chi connectivity index (χ4n) is 6.69. The normalized spacial score (nSPS) is 12.2. The SMILES string of the molecule is Cc1ccc2c(c1)c1cc(C)ccc1n2-c1ccccc1-c1ccccc1-c1ccc2c(c1)Cc1ccccc1-2. The molecule has 0 bridgehead atoms. The summed E-state index contributed by atoms with van der Waals surface area (Å²) in [6.45, 7) is 4.36. The van der Waals surface area contributed by atoms with Gasteiger partial charge in [0, 0.05) is 16.3 Å². The minimum atomic E-state index is 0.998. The van der Waals surface area contributed by atoms with Crippen LogP contribution in [-0.4, -0.2) is 4.57 Å². The third-order valence-corrected chi connectivity index (χ3v) is 8.54. The van der Waals surface area contributed by atoms with E-state index in [9.17, 15) is 0 Å². The van der Waals surface area contributed by atoms with Crippen LogP contribution < -0.4 is 0 Å². The van der Waals surface area contributed by atoms with Crippen molar-refractivity contribution in [3.05, 3.63) is 150 Å². The molecule has 190 valence electrons. The van der Waals surface area contributed by atoms with Crippen LogP contribution in [0.2, 0.25) is 0 Å². The monoisotopic (exact) mass is 511 g/mol. The predicted octanol–water partition coefficient (Wildman–Crippen LogP) is 10.3. The molecule has 1 aromatic heterocycles. The number of nitrogens with zero attached hydrogens (tertiary/aromatic N) is 1. The summed E-state index contributed by atoms with van der Waals surface area (Å²) in [6.07, 6.45) is 0.998. The smallest absolute Gasteiger partial charge is 0.0541 e. The Labute approximate surface area is 235 Å². The van der Waals surface area contributed by atoms with Crippen LogP contribution >= 0.6 is 0 Å². The Bertz CT molecular complexity index is 2050. The van der Waals surface area contributed by atoms with Gasteiger partial charge in [0.1, 0.15) is 0 Å². The average molecular weight is 512 g/mol. The minimum Gasteiger partial charge on any atom is -0.309 e. The van der Waals surface area contributed by atoms with Gasteiger partial charge in [-0.1, -0.05) is 108 Å². The number of benzene rings is 6. The van der Waals surface area contributed by atoms with E-state index >= 15 is 0 Å². The molecule has 1 heterocycles. The molecule has 0 atom stereocenters. The Hall–Kier alpha value is -4.88. The van der Waals surface area contributed by atoms with E-state index in [0.29, 0.717) is 0 Å². The Morgan fingerprint density at radius 2 is 1.02 bits per heavy atom. The van der Waals surface area contributed by atoms with Crippen molar-refractivity contribution in [1.29, 1.82) is 0 Å². The molecule has 40 heavy (non-hydrogen) atoms. The van der Waals surface area contributed by atoms with Gasteiger partial charge in [-0.2, -0.15) is 0 Å². The van der Waals surface area contributed by atoms with Gasteiger partial charge in [0.2, 0.25) is 0 Å². The number of aromatic nitrogens is 1. The topological polar surface area (TPSA) is 4.93 Å². The van der Waals surface area contributed by atoms with Crippen LogP contribution in [0.1, 0.15) is 22.3 Å². The van der Waals surface area contributed by atoms with Crippen LogP contribution in [0.3, 0.4) is 0 Å². The van der Waals surface area contributed by atoms with Crippen molar-refractivity contribution in [1.82, 2.24) is 4.57 Å². The van der Waals surface area contributed by atoms with Gasteiger partial charge >= 0.3 is 0 Å². The number of fused-ring (bicyclic) bond motifs is 6. The lowest BCUT2D eigenvalue weighted by molar-refractivity contribution is 1.18. The van der Waals surface area contributed by atoms with Gasteiger partial charge in [-0.25, -0.2) is 0 Å². The van der Waals surface area contributed by atoms with E-state index in [1.165, 1.54) is 83.1 Å². The predicted molar refractivity (Wildman–Crippen MR) is 169 cm³/mol. The van der Waals surface area contributed by atoms with E-state index in [1.807, 2.05) is 0 Å². The maximum Gasteiger partial charge on any atom is 0.0541 e. The van der Waals surface area contributed by atoms with Gasteiger partial charge in [0.25, 0.3) is 0 Å². The summed E-state index contributed by atoms with van der Waals surface area (Å²) in [7, 11) is 0. The molecule has 0 aliphatic heterocycles. The van der Waals surface area contributed by atoms with Crippen molar-refractivity contribution in [3.63, 3.8) is 0 Å². The van der Waals surface area contributed by atoms with Crippen LogP contribution in [0.25, 0.3) is 60.9 Å². The molecule has 1 heteroatoms. The molecule has 0 spiro atoms. The second-order valence-corrected chi connectivity index (χ2v) is 11.1. The number of hydrogen-bond acceptors (Lipinski definition) is 0. The summed E-state index contributed by atoms with van der Waals surface area (Å²) in [5.74, 6) is 0. The van der Waals surface area contributed by atoms with E-state index in [4.69, 9.17) is 0 Å². The van der Waals surface area contributed by atoms with Crippen molar-refractivity contribution in [3.8, 4) is 39.1 Å². The molecule has 1 nitrogen and oxygen atoms in total. The lowest BCUT2D eigenvalue weighted by atomic mass is 9.91. The van der Waals surface area contributed by atoms with E-state index in [1.54, 1.807) is 0 Å².